The Morgan fingerprint density at radius 3 is 1.32 bits per heavy atom. The van der Waals surface area contributed by atoms with E-state index < -0.39 is 0 Å². The second-order valence-electron chi connectivity index (χ2n) is 17.2. The highest BCUT2D eigenvalue weighted by Gasteiger charge is 2.28. The Morgan fingerprint density at radius 2 is 0.913 bits per heavy atom. The maximum atomic E-state index is 13.7. The summed E-state index contributed by atoms with van der Waals surface area (Å²) >= 11 is 23.8. The summed E-state index contributed by atoms with van der Waals surface area (Å²) in [5, 5.41) is 0.996. The average Bonchev–Trinajstić information content (AvgIpc) is 3.89. The fourth-order valence-corrected chi connectivity index (χ4v) is 12.3. The molecule has 0 aliphatic carbocycles. The number of piperidine rings is 2. The molecule has 2 aromatic heterocycles. The molecule has 2 aliphatic heterocycles. The zero-order valence-corrected chi connectivity index (χ0v) is 42.5. The summed E-state index contributed by atoms with van der Waals surface area (Å²) in [5.74, 6) is -0.225. The maximum Gasteiger partial charge on any atom is 0.326 e. The number of aromatic amines is 2. The van der Waals surface area contributed by atoms with Gasteiger partial charge in [0, 0.05) is 80.3 Å². The summed E-state index contributed by atoms with van der Waals surface area (Å²) in [6.07, 6.45) is 9.51. The molecule has 4 heterocycles. The first-order valence-corrected chi connectivity index (χ1v) is 25.8. The molecular weight excluding hydrogens is 1060 g/mol. The molecule has 2 N–H and O–H groups in total. The molecule has 0 radical (unpaired) electrons. The number of hydrogen-bond donors (Lipinski definition) is 2. The van der Waals surface area contributed by atoms with Crippen molar-refractivity contribution in [3.05, 3.63) is 185 Å². The van der Waals surface area contributed by atoms with Crippen molar-refractivity contribution in [2.45, 2.75) is 47.6 Å². The summed E-state index contributed by atoms with van der Waals surface area (Å²) in [7, 11) is 0. The van der Waals surface area contributed by atoms with E-state index in [1.165, 1.54) is 11.8 Å². The molecule has 15 heteroatoms. The van der Waals surface area contributed by atoms with Crippen LogP contribution in [0.4, 0.5) is 0 Å². The molecule has 0 atom stereocenters. The standard InChI is InChI=1S/C54H44Br2Cl2N6O4S/c55-39-11-3-1-9-37(39)49-33(19-23-47(65)61-29-25-35(26-30-61)63-43-15-7-5-13-41(43)59-53(63)67)17-21-45(51(49)57)69-46-22-18-34(50(52(46)58)38-10-2-4-12-40(38)56)20-24-48(66)62-31-27-36(28-32-62)64-44-16-8-6-14-42(44)60-54(64)68/h1-24,35-36H,25-32H2,(H,59,67)(H,60,68)/b23-19+,24-20+. The Hall–Kier alpha value is -5.83. The SMILES string of the molecule is O=C(/C=C/c1ccc(Sc2ccc(/C=C/C(=O)N3CCC(n4c(=O)[nH]c5ccccc54)CC3)c(-c3ccccc3Br)c2Cl)c(Cl)c1-c1ccccc1Br)N1CCC(n2c(=O)[nH]c3ccccc32)CC1. The van der Waals surface area contributed by atoms with Gasteiger partial charge in [0.05, 0.1) is 32.1 Å². The molecule has 0 spiro atoms. The number of para-hydroxylation sites is 4. The van der Waals surface area contributed by atoms with Crippen molar-refractivity contribution in [1.82, 2.24) is 28.9 Å². The third kappa shape index (κ3) is 9.47. The highest BCUT2D eigenvalue weighted by molar-refractivity contribution is 9.11. The van der Waals surface area contributed by atoms with E-state index in [4.69, 9.17) is 23.2 Å². The lowest BCUT2D eigenvalue weighted by Crippen LogP contribution is -2.39. The van der Waals surface area contributed by atoms with Gasteiger partial charge >= 0.3 is 11.4 Å². The number of H-pyrrole nitrogens is 2. The zero-order valence-electron chi connectivity index (χ0n) is 37.0. The van der Waals surface area contributed by atoms with Gasteiger partial charge in [-0.25, -0.2) is 9.59 Å². The molecule has 2 saturated heterocycles. The lowest BCUT2D eigenvalue weighted by Gasteiger charge is -2.32. The molecule has 10 nitrogen and oxygen atoms in total. The Kier molecular flexibility index (Phi) is 13.8. The Balaban J connectivity index is 0.890. The Labute approximate surface area is 428 Å². The number of rotatable bonds is 10. The van der Waals surface area contributed by atoms with Crippen LogP contribution in [0.3, 0.4) is 0 Å². The van der Waals surface area contributed by atoms with Crippen LogP contribution in [0.5, 0.6) is 0 Å². The third-order valence-corrected chi connectivity index (χ3v) is 16.6. The van der Waals surface area contributed by atoms with Gasteiger partial charge in [0.15, 0.2) is 0 Å². The number of hydrogen-bond acceptors (Lipinski definition) is 5. The third-order valence-electron chi connectivity index (χ3n) is 13.1. The molecule has 6 aromatic carbocycles. The van der Waals surface area contributed by atoms with Gasteiger partial charge in [-0.1, -0.05) is 140 Å². The first kappa shape index (κ1) is 46.9. The number of carbonyl (C=O) groups is 2. The van der Waals surface area contributed by atoms with E-state index in [1.54, 1.807) is 12.2 Å². The van der Waals surface area contributed by atoms with Crippen LogP contribution in [0, 0.1) is 0 Å². The summed E-state index contributed by atoms with van der Waals surface area (Å²) in [4.78, 5) is 64.3. The lowest BCUT2D eigenvalue weighted by atomic mass is 9.98. The van der Waals surface area contributed by atoms with Gasteiger partial charge in [0.25, 0.3) is 0 Å². The second-order valence-corrected chi connectivity index (χ2v) is 20.7. The van der Waals surface area contributed by atoms with Crippen molar-refractivity contribution in [3.8, 4) is 22.3 Å². The largest absolute Gasteiger partial charge is 0.339 e. The smallest absolute Gasteiger partial charge is 0.326 e. The molecule has 10 rings (SSSR count). The molecular formula is C54H44Br2Cl2N6O4S. The highest BCUT2D eigenvalue weighted by Crippen LogP contribution is 2.48. The Bertz CT molecular complexity index is 3240. The molecule has 2 fully saturated rings. The van der Waals surface area contributed by atoms with Crippen LogP contribution in [-0.4, -0.2) is 66.9 Å². The van der Waals surface area contributed by atoms with Crippen molar-refractivity contribution >= 4 is 113 Å². The van der Waals surface area contributed by atoms with Crippen molar-refractivity contribution in [2.24, 2.45) is 0 Å². The van der Waals surface area contributed by atoms with E-state index in [9.17, 15) is 19.2 Å². The number of imidazole rings is 2. The van der Waals surface area contributed by atoms with Crippen molar-refractivity contribution < 1.29 is 9.59 Å². The summed E-state index contributed by atoms with van der Waals surface area (Å²) in [5.41, 5.74) is 7.90. The minimum absolute atomic E-state index is 0.00444. The number of amides is 2. The lowest BCUT2D eigenvalue weighted by molar-refractivity contribution is -0.128. The van der Waals surface area contributed by atoms with E-state index in [0.29, 0.717) is 61.9 Å². The molecule has 69 heavy (non-hydrogen) atoms. The molecule has 0 unspecified atom stereocenters. The van der Waals surface area contributed by atoms with E-state index in [0.717, 1.165) is 74.2 Å². The van der Waals surface area contributed by atoms with Gasteiger partial charge in [0.2, 0.25) is 11.8 Å². The topological polar surface area (TPSA) is 116 Å². The molecule has 0 saturated carbocycles. The van der Waals surface area contributed by atoms with E-state index in [-0.39, 0.29) is 35.3 Å². The van der Waals surface area contributed by atoms with Gasteiger partial charge in [-0.15, -0.1) is 0 Å². The number of nitrogens with zero attached hydrogens (tertiary/aromatic N) is 4. The van der Waals surface area contributed by atoms with E-state index in [1.807, 2.05) is 152 Å². The van der Waals surface area contributed by atoms with Crippen LogP contribution < -0.4 is 11.4 Å². The summed E-state index contributed by atoms with van der Waals surface area (Å²) < 4.78 is 5.34. The minimum atomic E-state index is -0.129. The fourth-order valence-electron chi connectivity index (χ4n) is 9.67. The average molecular weight is 1100 g/mol. The van der Waals surface area contributed by atoms with Gasteiger partial charge < -0.3 is 19.8 Å². The molecule has 348 valence electrons. The zero-order chi connectivity index (χ0) is 47.8. The first-order valence-electron chi connectivity index (χ1n) is 22.7. The number of likely N-dealkylation sites (tertiary alicyclic amines) is 2. The molecule has 2 amide bonds. The fraction of sp³-hybridized carbons (Fsp3) is 0.185. The van der Waals surface area contributed by atoms with E-state index >= 15 is 0 Å². The van der Waals surface area contributed by atoms with Crippen molar-refractivity contribution in [1.29, 1.82) is 0 Å². The molecule has 2 aliphatic rings. The summed E-state index contributed by atoms with van der Waals surface area (Å²) in [6.45, 7) is 2.10. The number of nitrogens with one attached hydrogen (secondary N) is 2. The predicted octanol–water partition coefficient (Wildman–Crippen LogP) is 13.0. The van der Waals surface area contributed by atoms with Gasteiger partial charge in [0.1, 0.15) is 0 Å². The predicted molar refractivity (Wildman–Crippen MR) is 286 cm³/mol. The number of carbonyl (C=O) groups excluding carboxylic acids is 2. The number of halogens is 4. The van der Waals surface area contributed by atoms with Gasteiger partial charge in [-0.05, 0) is 109 Å². The molecule has 0 bridgehead atoms. The van der Waals surface area contributed by atoms with Crippen molar-refractivity contribution in [2.75, 3.05) is 26.2 Å². The number of fused-ring (bicyclic) bond motifs is 2. The van der Waals surface area contributed by atoms with Gasteiger partial charge in [-0.3, -0.25) is 18.7 Å². The van der Waals surface area contributed by atoms with Crippen LogP contribution in [0.2, 0.25) is 10.0 Å². The minimum Gasteiger partial charge on any atom is -0.339 e. The van der Waals surface area contributed by atoms with Crippen LogP contribution in [0.25, 0.3) is 56.5 Å². The van der Waals surface area contributed by atoms with Crippen LogP contribution in [0.15, 0.2) is 162 Å². The normalized spacial score (nSPS) is 15.1. The summed E-state index contributed by atoms with van der Waals surface area (Å²) in [6, 6.07) is 38.9. The van der Waals surface area contributed by atoms with Crippen LogP contribution in [0.1, 0.15) is 48.9 Å². The monoisotopic (exact) mass is 1100 g/mol. The van der Waals surface area contributed by atoms with Crippen LogP contribution >= 0.6 is 66.8 Å². The van der Waals surface area contributed by atoms with Crippen molar-refractivity contribution in [3.63, 3.8) is 0 Å². The Morgan fingerprint density at radius 1 is 0.536 bits per heavy atom. The quantitative estimate of drug-likeness (QED) is 0.132. The first-order chi connectivity index (χ1) is 33.5. The van der Waals surface area contributed by atoms with E-state index in [2.05, 4.69) is 41.8 Å². The van der Waals surface area contributed by atoms with Gasteiger partial charge in [-0.2, -0.15) is 0 Å². The number of benzene rings is 6. The second kappa shape index (κ2) is 20.3. The maximum absolute atomic E-state index is 13.7. The number of aromatic nitrogens is 4. The highest BCUT2D eigenvalue weighted by atomic mass is 79.9. The molecule has 8 aromatic rings. The van der Waals surface area contributed by atoms with Crippen LogP contribution in [-0.2, 0) is 9.59 Å².